The minimum Gasteiger partial charge on any atom is -0.251 e. The molecule has 0 N–H and O–H groups in total. The van der Waals surface area contributed by atoms with Crippen molar-refractivity contribution >= 4 is 46.4 Å². The van der Waals surface area contributed by atoms with Gasteiger partial charge in [-0.25, -0.2) is 0 Å². The summed E-state index contributed by atoms with van der Waals surface area (Å²) in [6.07, 6.45) is 0.245. The van der Waals surface area contributed by atoms with E-state index in [0.717, 1.165) is 0 Å². The lowest BCUT2D eigenvalue weighted by Gasteiger charge is -2.17. The molecule has 10 heavy (non-hydrogen) atoms. The van der Waals surface area contributed by atoms with Crippen LogP contribution in [0.3, 0.4) is 0 Å². The molecule has 0 radical (unpaired) electrons. The van der Waals surface area contributed by atoms with Crippen molar-refractivity contribution in [1.82, 2.24) is 0 Å². The molecule has 0 aliphatic rings. The molecule has 0 bridgehead atoms. The highest BCUT2D eigenvalue weighted by atomic mass is 35.5. The summed E-state index contributed by atoms with van der Waals surface area (Å²) in [5.74, 6) is 0. The molecule has 0 saturated carbocycles. The van der Waals surface area contributed by atoms with E-state index in [2.05, 4.69) is 0 Å². The fraction of sp³-hybridized carbons (Fsp3) is 1.00. The lowest BCUT2D eigenvalue weighted by atomic mass is 10.2. The summed E-state index contributed by atoms with van der Waals surface area (Å²) in [5, 5.41) is 0. The second-order valence-electron chi connectivity index (χ2n) is 1.89. The molecule has 0 fully saturated rings. The first-order chi connectivity index (χ1) is 4.48. The van der Waals surface area contributed by atoms with Crippen molar-refractivity contribution < 1.29 is 4.39 Å². The minimum absolute atomic E-state index is 0.0616. The SMILES string of the molecule is FCCC(Cl)(Cl)CC(Cl)Cl. The fourth-order valence-corrected chi connectivity index (χ4v) is 1.76. The topological polar surface area (TPSA) is 0 Å². The van der Waals surface area contributed by atoms with E-state index in [-0.39, 0.29) is 12.8 Å². The zero-order valence-corrected chi connectivity index (χ0v) is 8.11. The molecule has 0 saturated heterocycles. The Morgan fingerprint density at radius 2 is 1.80 bits per heavy atom. The Balaban J connectivity index is 3.63. The maximum atomic E-state index is 11.7. The van der Waals surface area contributed by atoms with Crippen molar-refractivity contribution in [1.29, 1.82) is 0 Å². The molecule has 0 aliphatic carbocycles. The van der Waals surface area contributed by atoms with Gasteiger partial charge in [-0.05, 0) is 0 Å². The van der Waals surface area contributed by atoms with Gasteiger partial charge >= 0.3 is 0 Å². The smallest absolute Gasteiger partial charge is 0.123 e. The van der Waals surface area contributed by atoms with Crippen LogP contribution in [0, 0.1) is 0 Å². The van der Waals surface area contributed by atoms with E-state index >= 15 is 0 Å². The van der Waals surface area contributed by atoms with E-state index < -0.39 is 15.8 Å². The number of hydrogen-bond donors (Lipinski definition) is 0. The van der Waals surface area contributed by atoms with Gasteiger partial charge in [-0.2, -0.15) is 0 Å². The van der Waals surface area contributed by atoms with Gasteiger partial charge in [0, 0.05) is 12.8 Å². The van der Waals surface area contributed by atoms with Crippen LogP contribution in [-0.4, -0.2) is 15.8 Å². The Hall–Kier alpha value is 1.09. The third kappa shape index (κ3) is 5.84. The van der Waals surface area contributed by atoms with E-state index in [4.69, 9.17) is 46.4 Å². The molecule has 0 aliphatic heterocycles. The summed E-state index contributed by atoms with van der Waals surface area (Å²) >= 11 is 21.9. The van der Waals surface area contributed by atoms with Crippen LogP contribution in [-0.2, 0) is 0 Å². The lowest BCUT2D eigenvalue weighted by molar-refractivity contribution is 0.448. The summed E-state index contributed by atoms with van der Waals surface area (Å²) in [6, 6.07) is 0. The molecule has 0 rings (SSSR count). The Morgan fingerprint density at radius 3 is 2.10 bits per heavy atom. The molecule has 5 heteroatoms. The highest BCUT2D eigenvalue weighted by Crippen LogP contribution is 2.33. The largest absolute Gasteiger partial charge is 0.251 e. The van der Waals surface area contributed by atoms with Gasteiger partial charge in [0.1, 0.15) is 9.17 Å². The summed E-state index contributed by atoms with van der Waals surface area (Å²) in [4.78, 5) is -0.637. The van der Waals surface area contributed by atoms with Crippen LogP contribution in [0.5, 0.6) is 0 Å². The second kappa shape index (κ2) is 4.87. The van der Waals surface area contributed by atoms with Gasteiger partial charge in [0.15, 0.2) is 0 Å². The molecule has 0 aromatic rings. The molecular weight excluding hydrogens is 221 g/mol. The average Bonchev–Trinajstić information content (AvgIpc) is 1.59. The van der Waals surface area contributed by atoms with Gasteiger partial charge in [-0.1, -0.05) is 0 Å². The molecule has 0 nitrogen and oxygen atoms in total. The average molecular weight is 228 g/mol. The standard InChI is InChI=1S/C5H7Cl4F/c6-4(7)3-5(8,9)1-2-10/h4H,1-3H2. The molecule has 0 aromatic heterocycles. The van der Waals surface area contributed by atoms with Crippen molar-refractivity contribution in [3.05, 3.63) is 0 Å². The lowest BCUT2D eigenvalue weighted by Crippen LogP contribution is -2.16. The van der Waals surface area contributed by atoms with Crippen molar-refractivity contribution in [3.8, 4) is 0 Å². The normalized spacial score (nSPS) is 12.6. The van der Waals surface area contributed by atoms with Crippen LogP contribution in [0.15, 0.2) is 0 Å². The summed E-state index contributed by atoms with van der Waals surface area (Å²) in [7, 11) is 0. The molecule has 0 spiro atoms. The van der Waals surface area contributed by atoms with Gasteiger partial charge in [0.2, 0.25) is 0 Å². The van der Waals surface area contributed by atoms with Crippen molar-refractivity contribution in [2.24, 2.45) is 0 Å². The van der Waals surface area contributed by atoms with Crippen LogP contribution in [0.25, 0.3) is 0 Å². The zero-order chi connectivity index (χ0) is 8.20. The number of alkyl halides is 5. The van der Waals surface area contributed by atoms with Crippen molar-refractivity contribution in [3.63, 3.8) is 0 Å². The highest BCUT2D eigenvalue weighted by Gasteiger charge is 2.26. The van der Waals surface area contributed by atoms with Crippen molar-refractivity contribution in [2.45, 2.75) is 22.0 Å². The van der Waals surface area contributed by atoms with E-state index in [9.17, 15) is 4.39 Å². The summed E-state index contributed by atoms with van der Waals surface area (Å²) in [6.45, 7) is -0.562. The Bertz CT molecular complexity index is 93.6. The van der Waals surface area contributed by atoms with E-state index in [0.29, 0.717) is 0 Å². The van der Waals surface area contributed by atoms with Crippen LogP contribution >= 0.6 is 46.4 Å². The monoisotopic (exact) mass is 226 g/mol. The molecule has 0 amide bonds. The van der Waals surface area contributed by atoms with Gasteiger partial charge in [0.05, 0.1) is 6.67 Å². The predicted molar refractivity (Wildman–Crippen MR) is 45.1 cm³/mol. The van der Waals surface area contributed by atoms with Crippen LogP contribution in [0.4, 0.5) is 4.39 Å². The first-order valence-electron chi connectivity index (χ1n) is 2.70. The number of rotatable bonds is 4. The van der Waals surface area contributed by atoms with Gasteiger partial charge < -0.3 is 0 Å². The fourth-order valence-electron chi connectivity index (χ4n) is 0.466. The maximum Gasteiger partial charge on any atom is 0.123 e. The van der Waals surface area contributed by atoms with Gasteiger partial charge in [-0.15, -0.1) is 46.4 Å². The maximum absolute atomic E-state index is 11.7. The molecule has 62 valence electrons. The van der Waals surface area contributed by atoms with Gasteiger partial charge in [-0.3, -0.25) is 4.39 Å². The van der Waals surface area contributed by atoms with Crippen LogP contribution < -0.4 is 0 Å². The van der Waals surface area contributed by atoms with E-state index in [1.165, 1.54) is 0 Å². The Morgan fingerprint density at radius 1 is 1.30 bits per heavy atom. The van der Waals surface area contributed by atoms with Gasteiger partial charge in [0.25, 0.3) is 0 Å². The molecule has 0 aromatic carbocycles. The second-order valence-corrected chi connectivity index (χ2v) is 4.81. The first-order valence-corrected chi connectivity index (χ1v) is 4.33. The summed E-state index contributed by atoms with van der Waals surface area (Å²) in [5.41, 5.74) is 0. The number of hydrogen-bond acceptors (Lipinski definition) is 0. The molecule has 0 atom stereocenters. The highest BCUT2D eigenvalue weighted by molar-refractivity contribution is 6.50. The first kappa shape index (κ1) is 11.1. The Kier molecular flexibility index (Phi) is 5.40. The third-order valence-electron chi connectivity index (χ3n) is 0.913. The third-order valence-corrected chi connectivity index (χ3v) is 1.91. The molecular formula is C5H7Cl4F. The minimum atomic E-state index is -1.12. The van der Waals surface area contributed by atoms with E-state index in [1.807, 2.05) is 0 Å². The van der Waals surface area contributed by atoms with Crippen LogP contribution in [0.2, 0.25) is 0 Å². The Labute approximate surface area is 79.6 Å². The summed E-state index contributed by atoms with van der Waals surface area (Å²) < 4.78 is 10.6. The number of halogens is 5. The zero-order valence-electron chi connectivity index (χ0n) is 5.09. The molecule has 0 heterocycles. The van der Waals surface area contributed by atoms with E-state index in [1.54, 1.807) is 0 Å². The molecule has 0 unspecified atom stereocenters. The van der Waals surface area contributed by atoms with Crippen molar-refractivity contribution in [2.75, 3.05) is 6.67 Å². The quantitative estimate of drug-likeness (QED) is 0.643. The van der Waals surface area contributed by atoms with Crippen LogP contribution in [0.1, 0.15) is 12.8 Å². The predicted octanol–water partition coefficient (Wildman–Crippen LogP) is 3.71.